The van der Waals surface area contributed by atoms with E-state index in [-0.39, 0.29) is 0 Å². The number of hydrogen-bond acceptors (Lipinski definition) is 3. The molecule has 3 N–H and O–H groups in total. The molecule has 0 aromatic heterocycles. The van der Waals surface area contributed by atoms with E-state index in [1.54, 1.807) is 12.1 Å². The Bertz CT molecular complexity index is 418. The van der Waals surface area contributed by atoms with Crippen molar-refractivity contribution in [3.63, 3.8) is 0 Å². The van der Waals surface area contributed by atoms with Gasteiger partial charge in [-0.15, -0.1) is 0 Å². The Morgan fingerprint density at radius 1 is 1.29 bits per heavy atom. The van der Waals surface area contributed by atoms with Crippen molar-refractivity contribution in [1.29, 1.82) is 0 Å². The summed E-state index contributed by atoms with van der Waals surface area (Å²) in [7, 11) is 3.71. The van der Waals surface area contributed by atoms with Gasteiger partial charge in [0.2, 0.25) is 0 Å². The fourth-order valence-corrected chi connectivity index (χ4v) is 1.29. The number of benzene rings is 1. The van der Waals surface area contributed by atoms with Crippen LogP contribution in [0.5, 0.6) is 0 Å². The van der Waals surface area contributed by atoms with Crippen LogP contribution in [-0.2, 0) is 4.79 Å². The highest BCUT2D eigenvalue weighted by atomic mass is 16.4. The number of carboxylic acids is 1. The predicted octanol–water partition coefficient (Wildman–Crippen LogP) is 0.959. The number of nitrogens with one attached hydrogen (secondary N) is 2. The standard InChI is InChI=1S/C11H15N3O3/c1-14(2)9-6-4-3-5-8(9)13-11(17)12-7-10(15)16/h3-6H,7H2,1-2H3,(H,15,16)(H2,12,13,17). The Morgan fingerprint density at radius 3 is 2.53 bits per heavy atom. The zero-order chi connectivity index (χ0) is 12.8. The summed E-state index contributed by atoms with van der Waals surface area (Å²) in [5, 5.41) is 13.2. The number of rotatable bonds is 4. The number of amides is 2. The van der Waals surface area contributed by atoms with Crippen molar-refractivity contribution in [1.82, 2.24) is 5.32 Å². The van der Waals surface area contributed by atoms with E-state index in [4.69, 9.17) is 5.11 Å². The van der Waals surface area contributed by atoms with Gasteiger partial charge in [-0.2, -0.15) is 0 Å². The van der Waals surface area contributed by atoms with Crippen molar-refractivity contribution in [2.45, 2.75) is 0 Å². The summed E-state index contributed by atoms with van der Waals surface area (Å²) in [6.07, 6.45) is 0. The van der Waals surface area contributed by atoms with Crippen molar-refractivity contribution in [3.8, 4) is 0 Å². The van der Waals surface area contributed by atoms with Gasteiger partial charge in [0.15, 0.2) is 0 Å². The van der Waals surface area contributed by atoms with E-state index >= 15 is 0 Å². The lowest BCUT2D eigenvalue weighted by atomic mass is 10.2. The molecule has 6 nitrogen and oxygen atoms in total. The largest absolute Gasteiger partial charge is 0.480 e. The maximum Gasteiger partial charge on any atom is 0.323 e. The highest BCUT2D eigenvalue weighted by Gasteiger charge is 2.08. The lowest BCUT2D eigenvalue weighted by Gasteiger charge is -2.17. The molecule has 0 fully saturated rings. The fourth-order valence-electron chi connectivity index (χ4n) is 1.29. The summed E-state index contributed by atoms with van der Waals surface area (Å²) in [6, 6.07) is 6.71. The summed E-state index contributed by atoms with van der Waals surface area (Å²) in [5.41, 5.74) is 1.47. The molecule has 0 bridgehead atoms. The first-order valence-corrected chi connectivity index (χ1v) is 5.03. The van der Waals surface area contributed by atoms with E-state index in [2.05, 4.69) is 10.6 Å². The number of carbonyl (C=O) groups excluding carboxylic acids is 1. The summed E-state index contributed by atoms with van der Waals surface area (Å²) in [4.78, 5) is 23.5. The molecule has 1 aromatic rings. The van der Waals surface area contributed by atoms with Gasteiger partial charge in [0.05, 0.1) is 11.4 Å². The minimum atomic E-state index is -1.08. The molecule has 6 heteroatoms. The topological polar surface area (TPSA) is 81.7 Å². The van der Waals surface area contributed by atoms with Crippen molar-refractivity contribution in [2.75, 3.05) is 30.9 Å². The first-order valence-electron chi connectivity index (χ1n) is 5.03. The molecule has 92 valence electrons. The zero-order valence-corrected chi connectivity index (χ0v) is 9.73. The Labute approximate surface area is 99.2 Å². The van der Waals surface area contributed by atoms with Crippen LogP contribution < -0.4 is 15.5 Å². The Balaban J connectivity index is 2.68. The maximum absolute atomic E-state index is 11.4. The van der Waals surface area contributed by atoms with E-state index in [1.165, 1.54) is 0 Å². The smallest absolute Gasteiger partial charge is 0.323 e. The number of urea groups is 1. The highest BCUT2D eigenvalue weighted by Crippen LogP contribution is 2.22. The average molecular weight is 237 g/mol. The molecule has 17 heavy (non-hydrogen) atoms. The molecular weight excluding hydrogens is 222 g/mol. The Hall–Kier alpha value is -2.24. The molecule has 0 saturated carbocycles. The van der Waals surface area contributed by atoms with Gasteiger partial charge in [-0.25, -0.2) is 4.79 Å². The second-order valence-corrected chi connectivity index (χ2v) is 3.61. The second kappa shape index (κ2) is 5.74. The Kier molecular flexibility index (Phi) is 4.33. The summed E-state index contributed by atoms with van der Waals surface area (Å²) >= 11 is 0. The molecule has 0 aliphatic heterocycles. The maximum atomic E-state index is 11.4. The number of carboxylic acid groups (broad SMARTS) is 1. The third-order valence-electron chi connectivity index (χ3n) is 2.03. The quantitative estimate of drug-likeness (QED) is 0.728. The van der Waals surface area contributed by atoms with Gasteiger partial charge >= 0.3 is 12.0 Å². The van der Waals surface area contributed by atoms with Gasteiger partial charge in [0, 0.05) is 14.1 Å². The van der Waals surface area contributed by atoms with E-state index in [0.29, 0.717) is 5.69 Å². The molecule has 0 atom stereocenters. The van der Waals surface area contributed by atoms with Crippen LogP contribution in [0.15, 0.2) is 24.3 Å². The van der Waals surface area contributed by atoms with E-state index < -0.39 is 18.5 Å². The summed E-state index contributed by atoms with van der Waals surface area (Å²) in [6.45, 7) is -0.407. The van der Waals surface area contributed by atoms with E-state index in [1.807, 2.05) is 31.1 Å². The van der Waals surface area contributed by atoms with Crippen molar-refractivity contribution >= 4 is 23.4 Å². The van der Waals surface area contributed by atoms with Gasteiger partial charge in [0.1, 0.15) is 6.54 Å². The van der Waals surface area contributed by atoms with Crippen LogP contribution >= 0.6 is 0 Å². The molecule has 0 saturated heterocycles. The van der Waals surface area contributed by atoms with Crippen molar-refractivity contribution in [2.24, 2.45) is 0 Å². The van der Waals surface area contributed by atoms with Gasteiger partial charge in [-0.3, -0.25) is 4.79 Å². The van der Waals surface area contributed by atoms with Crippen molar-refractivity contribution in [3.05, 3.63) is 24.3 Å². The van der Waals surface area contributed by atoms with Crippen LogP contribution in [0.4, 0.5) is 16.2 Å². The first kappa shape index (κ1) is 12.8. The molecule has 0 aliphatic rings. The number of aliphatic carboxylic acids is 1. The lowest BCUT2D eigenvalue weighted by Crippen LogP contribution is -2.33. The van der Waals surface area contributed by atoms with Crippen LogP contribution in [0.1, 0.15) is 0 Å². The first-order chi connectivity index (χ1) is 8.00. The van der Waals surface area contributed by atoms with Crippen LogP contribution in [0.2, 0.25) is 0 Å². The van der Waals surface area contributed by atoms with Crippen LogP contribution in [0.25, 0.3) is 0 Å². The predicted molar refractivity (Wildman–Crippen MR) is 65.4 cm³/mol. The molecule has 1 aromatic carbocycles. The third-order valence-corrected chi connectivity index (χ3v) is 2.03. The number of anilines is 2. The van der Waals surface area contributed by atoms with Gasteiger partial charge < -0.3 is 20.6 Å². The van der Waals surface area contributed by atoms with Crippen LogP contribution in [0.3, 0.4) is 0 Å². The SMILES string of the molecule is CN(C)c1ccccc1NC(=O)NCC(=O)O. The number of hydrogen-bond donors (Lipinski definition) is 3. The molecular formula is C11H15N3O3. The summed E-state index contributed by atoms with van der Waals surface area (Å²) in [5.74, 6) is -1.08. The highest BCUT2D eigenvalue weighted by molar-refractivity contribution is 5.94. The second-order valence-electron chi connectivity index (χ2n) is 3.61. The van der Waals surface area contributed by atoms with Gasteiger partial charge in [-0.05, 0) is 12.1 Å². The Morgan fingerprint density at radius 2 is 1.94 bits per heavy atom. The van der Waals surface area contributed by atoms with E-state index in [0.717, 1.165) is 5.69 Å². The van der Waals surface area contributed by atoms with Gasteiger partial charge in [-0.1, -0.05) is 12.1 Å². The molecule has 0 radical (unpaired) electrons. The van der Waals surface area contributed by atoms with Gasteiger partial charge in [0.25, 0.3) is 0 Å². The average Bonchev–Trinajstić information content (AvgIpc) is 2.27. The molecule has 0 heterocycles. The summed E-state index contributed by atoms with van der Waals surface area (Å²) < 4.78 is 0. The third kappa shape index (κ3) is 4.02. The molecule has 0 aliphatic carbocycles. The number of carbonyl (C=O) groups is 2. The molecule has 0 spiro atoms. The minimum absolute atomic E-state index is 0.407. The monoisotopic (exact) mass is 237 g/mol. The van der Waals surface area contributed by atoms with Crippen LogP contribution in [0, 0.1) is 0 Å². The van der Waals surface area contributed by atoms with Crippen molar-refractivity contribution < 1.29 is 14.7 Å². The normalized spacial score (nSPS) is 9.53. The number of nitrogens with zero attached hydrogens (tertiary/aromatic N) is 1. The molecule has 1 rings (SSSR count). The van der Waals surface area contributed by atoms with E-state index in [9.17, 15) is 9.59 Å². The zero-order valence-electron chi connectivity index (χ0n) is 9.73. The number of para-hydroxylation sites is 2. The lowest BCUT2D eigenvalue weighted by molar-refractivity contribution is -0.135. The molecule has 0 unspecified atom stereocenters. The minimum Gasteiger partial charge on any atom is -0.480 e. The molecule has 2 amide bonds. The van der Waals surface area contributed by atoms with Crippen LogP contribution in [-0.4, -0.2) is 37.7 Å². The fraction of sp³-hybridized carbons (Fsp3) is 0.273.